The summed E-state index contributed by atoms with van der Waals surface area (Å²) in [6, 6.07) is -0.197. The zero-order chi connectivity index (χ0) is 10.6. The summed E-state index contributed by atoms with van der Waals surface area (Å²) in [5.41, 5.74) is 0. The van der Waals surface area contributed by atoms with E-state index in [0.717, 1.165) is 13.0 Å². The maximum Gasteiger partial charge on any atom is 0.322 e. The predicted octanol–water partition coefficient (Wildman–Crippen LogP) is 0.705. The van der Waals surface area contributed by atoms with E-state index in [9.17, 15) is 4.79 Å². The number of nitrogens with one attached hydrogen (secondary N) is 1. The zero-order valence-corrected chi connectivity index (χ0v) is 9.08. The first kappa shape index (κ1) is 11.5. The van der Waals surface area contributed by atoms with Crippen LogP contribution in [0.15, 0.2) is 0 Å². The standard InChI is InChI=1S/C10H19NO3/c1-7(2)14-8-4-5-11-9(6-8)10(12)13-3/h7-9,11H,4-6H2,1-3H3. The van der Waals surface area contributed by atoms with Crippen LogP contribution in [-0.2, 0) is 14.3 Å². The molecule has 0 amide bonds. The van der Waals surface area contributed by atoms with E-state index in [1.807, 2.05) is 13.8 Å². The van der Waals surface area contributed by atoms with Gasteiger partial charge in [-0.25, -0.2) is 0 Å². The first-order valence-electron chi connectivity index (χ1n) is 5.10. The van der Waals surface area contributed by atoms with Gasteiger partial charge < -0.3 is 14.8 Å². The Hall–Kier alpha value is -0.610. The van der Waals surface area contributed by atoms with Gasteiger partial charge in [-0.15, -0.1) is 0 Å². The molecule has 0 aromatic rings. The van der Waals surface area contributed by atoms with Gasteiger partial charge in [-0.1, -0.05) is 0 Å². The van der Waals surface area contributed by atoms with Crippen LogP contribution >= 0.6 is 0 Å². The van der Waals surface area contributed by atoms with Crippen molar-refractivity contribution in [3.63, 3.8) is 0 Å². The zero-order valence-electron chi connectivity index (χ0n) is 9.08. The van der Waals surface area contributed by atoms with Gasteiger partial charge in [0.15, 0.2) is 0 Å². The molecule has 4 nitrogen and oxygen atoms in total. The summed E-state index contributed by atoms with van der Waals surface area (Å²) in [4.78, 5) is 11.3. The highest BCUT2D eigenvalue weighted by atomic mass is 16.5. The Morgan fingerprint density at radius 3 is 2.79 bits per heavy atom. The second-order valence-electron chi connectivity index (χ2n) is 3.86. The largest absolute Gasteiger partial charge is 0.468 e. The van der Waals surface area contributed by atoms with Crippen LogP contribution in [0.25, 0.3) is 0 Å². The lowest BCUT2D eigenvalue weighted by Crippen LogP contribution is -2.46. The van der Waals surface area contributed by atoms with Crippen molar-refractivity contribution in [2.45, 2.75) is 44.9 Å². The molecule has 14 heavy (non-hydrogen) atoms. The van der Waals surface area contributed by atoms with Crippen LogP contribution in [0.3, 0.4) is 0 Å². The van der Waals surface area contributed by atoms with E-state index in [-0.39, 0.29) is 24.2 Å². The molecule has 1 rings (SSSR count). The quantitative estimate of drug-likeness (QED) is 0.683. The van der Waals surface area contributed by atoms with Crippen molar-refractivity contribution in [2.24, 2.45) is 0 Å². The van der Waals surface area contributed by atoms with Gasteiger partial charge in [0.25, 0.3) is 0 Å². The van der Waals surface area contributed by atoms with Gasteiger partial charge >= 0.3 is 5.97 Å². The lowest BCUT2D eigenvalue weighted by Gasteiger charge is -2.29. The van der Waals surface area contributed by atoms with Crippen molar-refractivity contribution >= 4 is 5.97 Å². The highest BCUT2D eigenvalue weighted by Gasteiger charge is 2.28. The van der Waals surface area contributed by atoms with Gasteiger partial charge in [0.05, 0.1) is 19.3 Å². The molecule has 0 aromatic heterocycles. The normalized spacial score (nSPS) is 27.7. The number of carbonyl (C=O) groups is 1. The van der Waals surface area contributed by atoms with Gasteiger partial charge in [-0.3, -0.25) is 4.79 Å². The molecular weight excluding hydrogens is 182 g/mol. The van der Waals surface area contributed by atoms with Crippen molar-refractivity contribution in [1.82, 2.24) is 5.32 Å². The van der Waals surface area contributed by atoms with E-state index in [2.05, 4.69) is 10.1 Å². The fourth-order valence-corrected chi connectivity index (χ4v) is 1.71. The summed E-state index contributed by atoms with van der Waals surface area (Å²) >= 11 is 0. The molecule has 0 aliphatic carbocycles. The Balaban J connectivity index is 2.39. The number of rotatable bonds is 3. The number of esters is 1. The lowest BCUT2D eigenvalue weighted by molar-refractivity contribution is -0.145. The molecule has 1 aliphatic rings. The molecule has 0 spiro atoms. The SMILES string of the molecule is COC(=O)C1CC(OC(C)C)CCN1. The number of carbonyl (C=O) groups excluding carboxylic acids is 1. The number of piperidine rings is 1. The molecule has 1 N–H and O–H groups in total. The monoisotopic (exact) mass is 201 g/mol. The molecular formula is C10H19NO3. The highest BCUT2D eigenvalue weighted by molar-refractivity contribution is 5.75. The summed E-state index contributed by atoms with van der Waals surface area (Å²) in [6.45, 7) is 4.83. The average Bonchev–Trinajstić information content (AvgIpc) is 2.16. The third kappa shape index (κ3) is 3.27. The van der Waals surface area contributed by atoms with Gasteiger partial charge in [-0.2, -0.15) is 0 Å². The van der Waals surface area contributed by atoms with Gasteiger partial charge in [-0.05, 0) is 33.2 Å². The highest BCUT2D eigenvalue weighted by Crippen LogP contribution is 2.14. The van der Waals surface area contributed by atoms with Crippen molar-refractivity contribution < 1.29 is 14.3 Å². The molecule has 0 bridgehead atoms. The fourth-order valence-electron chi connectivity index (χ4n) is 1.71. The van der Waals surface area contributed by atoms with Gasteiger partial charge in [0.1, 0.15) is 6.04 Å². The predicted molar refractivity (Wildman–Crippen MR) is 53.0 cm³/mol. The molecule has 1 saturated heterocycles. The van der Waals surface area contributed by atoms with E-state index in [0.29, 0.717) is 6.42 Å². The summed E-state index contributed by atoms with van der Waals surface area (Å²) < 4.78 is 10.4. The minimum Gasteiger partial charge on any atom is -0.468 e. The van der Waals surface area contributed by atoms with Crippen LogP contribution < -0.4 is 5.32 Å². The minimum atomic E-state index is -0.197. The Labute approximate surface area is 85.0 Å². The van der Waals surface area contributed by atoms with E-state index in [1.54, 1.807) is 0 Å². The first-order chi connectivity index (χ1) is 6.63. The van der Waals surface area contributed by atoms with Gasteiger partial charge in [0, 0.05) is 0 Å². The average molecular weight is 201 g/mol. The van der Waals surface area contributed by atoms with Crippen LogP contribution in [0.2, 0.25) is 0 Å². The molecule has 2 atom stereocenters. The summed E-state index contributed by atoms with van der Waals surface area (Å²) in [5.74, 6) is -0.193. The Morgan fingerprint density at radius 2 is 2.21 bits per heavy atom. The molecule has 0 radical (unpaired) electrons. The van der Waals surface area contributed by atoms with Crippen molar-refractivity contribution in [1.29, 1.82) is 0 Å². The smallest absolute Gasteiger partial charge is 0.322 e. The second kappa shape index (κ2) is 5.32. The Bertz CT molecular complexity index is 194. The van der Waals surface area contributed by atoms with Crippen LogP contribution in [-0.4, -0.2) is 37.9 Å². The molecule has 0 aromatic carbocycles. The summed E-state index contributed by atoms with van der Waals surface area (Å²) in [6.07, 6.45) is 2.08. The van der Waals surface area contributed by atoms with Crippen LogP contribution in [0, 0.1) is 0 Å². The summed E-state index contributed by atoms with van der Waals surface area (Å²) in [5, 5.41) is 3.12. The molecule has 1 fully saturated rings. The topological polar surface area (TPSA) is 47.6 Å². The van der Waals surface area contributed by atoms with Gasteiger partial charge in [0.2, 0.25) is 0 Å². The molecule has 82 valence electrons. The third-order valence-corrected chi connectivity index (χ3v) is 2.31. The van der Waals surface area contributed by atoms with Crippen molar-refractivity contribution in [3.8, 4) is 0 Å². The number of ether oxygens (including phenoxy) is 2. The number of hydrogen-bond donors (Lipinski definition) is 1. The second-order valence-corrected chi connectivity index (χ2v) is 3.86. The minimum absolute atomic E-state index is 0.181. The third-order valence-electron chi connectivity index (χ3n) is 2.31. The Kier molecular flexibility index (Phi) is 4.35. The number of methoxy groups -OCH3 is 1. The van der Waals surface area contributed by atoms with Crippen LogP contribution in [0.5, 0.6) is 0 Å². The van der Waals surface area contributed by atoms with E-state index in [4.69, 9.17) is 4.74 Å². The van der Waals surface area contributed by atoms with E-state index in [1.165, 1.54) is 7.11 Å². The van der Waals surface area contributed by atoms with Crippen LogP contribution in [0.4, 0.5) is 0 Å². The summed E-state index contributed by atoms with van der Waals surface area (Å²) in [7, 11) is 1.41. The molecule has 1 heterocycles. The molecule has 0 saturated carbocycles. The van der Waals surface area contributed by atoms with E-state index >= 15 is 0 Å². The van der Waals surface area contributed by atoms with Crippen molar-refractivity contribution in [3.05, 3.63) is 0 Å². The number of hydrogen-bond acceptors (Lipinski definition) is 4. The Morgan fingerprint density at radius 1 is 1.50 bits per heavy atom. The fraction of sp³-hybridized carbons (Fsp3) is 0.900. The maximum atomic E-state index is 11.3. The molecule has 2 unspecified atom stereocenters. The molecule has 4 heteroatoms. The molecule has 1 aliphatic heterocycles. The maximum absolute atomic E-state index is 11.3. The first-order valence-corrected chi connectivity index (χ1v) is 5.10. The van der Waals surface area contributed by atoms with E-state index < -0.39 is 0 Å². The lowest BCUT2D eigenvalue weighted by atomic mass is 10.0. The van der Waals surface area contributed by atoms with Crippen LogP contribution in [0.1, 0.15) is 26.7 Å². The van der Waals surface area contributed by atoms with Crippen molar-refractivity contribution in [2.75, 3.05) is 13.7 Å².